The van der Waals surface area contributed by atoms with Crippen molar-refractivity contribution in [1.29, 1.82) is 0 Å². The number of ether oxygens (including phenoxy) is 2. The smallest absolute Gasteiger partial charge is 0.411 e. The first-order valence-electron chi connectivity index (χ1n) is 9.75. The van der Waals surface area contributed by atoms with E-state index in [1.807, 2.05) is 26.8 Å². The summed E-state index contributed by atoms with van der Waals surface area (Å²) >= 11 is 0. The number of hydrogen-bond donors (Lipinski definition) is 2. The van der Waals surface area contributed by atoms with Gasteiger partial charge in [0.1, 0.15) is 5.60 Å². The Morgan fingerprint density at radius 1 is 1.30 bits per heavy atom. The van der Waals surface area contributed by atoms with Gasteiger partial charge in [0.2, 0.25) is 0 Å². The van der Waals surface area contributed by atoms with Crippen LogP contribution in [0.2, 0.25) is 0 Å². The summed E-state index contributed by atoms with van der Waals surface area (Å²) in [6.07, 6.45) is 3.91. The Balaban J connectivity index is 2.34. The van der Waals surface area contributed by atoms with Gasteiger partial charge in [-0.2, -0.15) is 0 Å². The molecule has 0 saturated carbocycles. The Morgan fingerprint density at radius 3 is 2.63 bits per heavy atom. The molecule has 7 nitrogen and oxygen atoms in total. The molecule has 7 heteroatoms. The summed E-state index contributed by atoms with van der Waals surface area (Å²) in [7, 11) is 1.29. The van der Waals surface area contributed by atoms with Gasteiger partial charge in [0.05, 0.1) is 18.7 Å². The summed E-state index contributed by atoms with van der Waals surface area (Å²) in [5.74, 6) is -0.791. The highest BCUT2D eigenvalue weighted by molar-refractivity contribution is 5.87. The van der Waals surface area contributed by atoms with Crippen molar-refractivity contribution in [2.75, 3.05) is 18.2 Å². The van der Waals surface area contributed by atoms with E-state index in [4.69, 9.17) is 10.5 Å². The number of nitrogens with two attached hydrogens (primary N) is 1. The molecule has 2 rings (SSSR count). The number of esters is 1. The van der Waals surface area contributed by atoms with E-state index >= 15 is 0 Å². The standard InChI is InChI=1S/C23H29N3O4/c1-6-8-17(21(27)30-23(3,4)7-2)15-11-12-25-20(13-15)18-10-9-16(14-19(18)24)26-22(28)29-5/h6,9-14,17H,1,7-8,24H2,2-5H3,(H,26,28). The number of pyridine rings is 1. The van der Waals surface area contributed by atoms with Gasteiger partial charge < -0.3 is 15.2 Å². The van der Waals surface area contributed by atoms with E-state index in [9.17, 15) is 9.59 Å². The topological polar surface area (TPSA) is 104 Å². The molecule has 0 spiro atoms. The molecule has 1 atom stereocenters. The Kier molecular flexibility index (Phi) is 7.58. The normalized spacial score (nSPS) is 12.0. The molecule has 0 aliphatic rings. The first kappa shape index (κ1) is 22.9. The molecular formula is C23H29N3O4. The van der Waals surface area contributed by atoms with E-state index in [0.717, 1.165) is 5.56 Å². The minimum atomic E-state index is -0.581. The van der Waals surface area contributed by atoms with E-state index in [1.165, 1.54) is 7.11 Å². The van der Waals surface area contributed by atoms with Gasteiger partial charge in [0.25, 0.3) is 0 Å². The van der Waals surface area contributed by atoms with Crippen molar-refractivity contribution in [3.8, 4) is 11.3 Å². The number of carbonyl (C=O) groups is 2. The number of nitrogens with one attached hydrogen (secondary N) is 1. The van der Waals surface area contributed by atoms with Crippen molar-refractivity contribution < 1.29 is 19.1 Å². The van der Waals surface area contributed by atoms with E-state index in [2.05, 4.69) is 21.6 Å². The average Bonchev–Trinajstić information content (AvgIpc) is 2.71. The lowest BCUT2D eigenvalue weighted by atomic mass is 9.94. The zero-order valence-corrected chi connectivity index (χ0v) is 17.9. The number of hydrogen-bond acceptors (Lipinski definition) is 6. The van der Waals surface area contributed by atoms with Crippen LogP contribution in [0.1, 0.15) is 45.1 Å². The first-order valence-corrected chi connectivity index (χ1v) is 9.75. The predicted molar refractivity (Wildman–Crippen MR) is 118 cm³/mol. The summed E-state index contributed by atoms with van der Waals surface area (Å²) < 4.78 is 10.3. The second-order valence-electron chi connectivity index (χ2n) is 7.50. The number of anilines is 2. The van der Waals surface area contributed by atoms with Crippen molar-refractivity contribution >= 4 is 23.4 Å². The summed E-state index contributed by atoms with van der Waals surface area (Å²) in [6.45, 7) is 9.52. The average molecular weight is 412 g/mol. The molecule has 1 heterocycles. The quantitative estimate of drug-likeness (QED) is 0.364. The maximum absolute atomic E-state index is 12.8. The van der Waals surface area contributed by atoms with Crippen LogP contribution in [0.5, 0.6) is 0 Å². The maximum atomic E-state index is 12.8. The van der Waals surface area contributed by atoms with Crippen LogP contribution >= 0.6 is 0 Å². The molecule has 0 bridgehead atoms. The Bertz CT molecular complexity index is 924. The number of nitrogen functional groups attached to an aromatic ring is 1. The highest BCUT2D eigenvalue weighted by Gasteiger charge is 2.28. The number of carbonyl (C=O) groups excluding carboxylic acids is 2. The summed E-state index contributed by atoms with van der Waals surface area (Å²) in [5.41, 5.74) is 8.65. The van der Waals surface area contributed by atoms with Crippen molar-refractivity contribution in [1.82, 2.24) is 4.98 Å². The number of aromatic nitrogens is 1. The summed E-state index contributed by atoms with van der Waals surface area (Å²) in [6, 6.07) is 8.71. The van der Waals surface area contributed by atoms with Gasteiger partial charge in [-0.15, -0.1) is 6.58 Å². The van der Waals surface area contributed by atoms with Crippen LogP contribution < -0.4 is 11.1 Å². The van der Waals surface area contributed by atoms with Gasteiger partial charge >= 0.3 is 12.1 Å². The molecule has 0 radical (unpaired) electrons. The Hall–Kier alpha value is -3.35. The number of nitrogens with zero attached hydrogens (tertiary/aromatic N) is 1. The van der Waals surface area contributed by atoms with Crippen molar-refractivity contribution in [3.63, 3.8) is 0 Å². The third kappa shape index (κ3) is 5.83. The van der Waals surface area contributed by atoms with Crippen LogP contribution in [0.4, 0.5) is 16.2 Å². The fourth-order valence-corrected chi connectivity index (χ4v) is 2.80. The molecule has 1 amide bonds. The molecule has 1 aromatic carbocycles. The lowest BCUT2D eigenvalue weighted by molar-refractivity contribution is -0.158. The van der Waals surface area contributed by atoms with Crippen LogP contribution in [0.3, 0.4) is 0 Å². The van der Waals surface area contributed by atoms with Gasteiger partial charge in [0.15, 0.2) is 0 Å². The van der Waals surface area contributed by atoms with Gasteiger partial charge in [-0.1, -0.05) is 13.0 Å². The number of rotatable bonds is 8. The molecule has 1 aromatic heterocycles. The lowest BCUT2D eigenvalue weighted by Crippen LogP contribution is -2.30. The van der Waals surface area contributed by atoms with E-state index in [0.29, 0.717) is 35.5 Å². The van der Waals surface area contributed by atoms with Crippen LogP contribution in [0, 0.1) is 0 Å². The molecule has 0 saturated heterocycles. The molecule has 30 heavy (non-hydrogen) atoms. The largest absolute Gasteiger partial charge is 0.459 e. The van der Waals surface area contributed by atoms with Crippen LogP contribution in [-0.2, 0) is 14.3 Å². The van der Waals surface area contributed by atoms with E-state index < -0.39 is 17.6 Å². The fraction of sp³-hybridized carbons (Fsp3) is 0.348. The van der Waals surface area contributed by atoms with Gasteiger partial charge in [-0.25, -0.2) is 4.79 Å². The van der Waals surface area contributed by atoms with E-state index in [1.54, 1.807) is 36.5 Å². The van der Waals surface area contributed by atoms with Crippen molar-refractivity contribution in [2.24, 2.45) is 0 Å². The molecule has 3 N–H and O–H groups in total. The minimum absolute atomic E-state index is 0.301. The van der Waals surface area contributed by atoms with Crippen LogP contribution in [0.15, 0.2) is 49.2 Å². The number of methoxy groups -OCH3 is 1. The van der Waals surface area contributed by atoms with Crippen LogP contribution in [-0.4, -0.2) is 29.8 Å². The molecule has 1 unspecified atom stereocenters. The third-order valence-corrected chi connectivity index (χ3v) is 4.86. The maximum Gasteiger partial charge on any atom is 0.411 e. The second-order valence-corrected chi connectivity index (χ2v) is 7.50. The minimum Gasteiger partial charge on any atom is -0.459 e. The monoisotopic (exact) mass is 411 g/mol. The third-order valence-electron chi connectivity index (χ3n) is 4.86. The Labute approximate surface area is 177 Å². The second kappa shape index (κ2) is 9.91. The number of amides is 1. The van der Waals surface area contributed by atoms with Crippen molar-refractivity contribution in [3.05, 3.63) is 54.7 Å². The highest BCUT2D eigenvalue weighted by atomic mass is 16.6. The van der Waals surface area contributed by atoms with Crippen molar-refractivity contribution in [2.45, 2.75) is 45.1 Å². The fourth-order valence-electron chi connectivity index (χ4n) is 2.80. The molecule has 0 fully saturated rings. The SMILES string of the molecule is C=CCC(C(=O)OC(C)(C)CC)c1ccnc(-c2ccc(NC(=O)OC)cc2N)c1. The molecule has 160 valence electrons. The first-order chi connectivity index (χ1) is 14.2. The number of benzene rings is 1. The molecule has 0 aliphatic carbocycles. The van der Waals surface area contributed by atoms with Gasteiger partial charge in [0, 0.05) is 23.1 Å². The Morgan fingerprint density at radius 2 is 2.03 bits per heavy atom. The zero-order valence-electron chi connectivity index (χ0n) is 17.9. The zero-order chi connectivity index (χ0) is 22.3. The number of allylic oxidation sites excluding steroid dienone is 1. The summed E-state index contributed by atoms with van der Waals surface area (Å²) in [5, 5.41) is 2.57. The van der Waals surface area contributed by atoms with Gasteiger partial charge in [-0.3, -0.25) is 15.1 Å². The van der Waals surface area contributed by atoms with Gasteiger partial charge in [-0.05, 0) is 62.6 Å². The highest BCUT2D eigenvalue weighted by Crippen LogP contribution is 2.31. The van der Waals surface area contributed by atoms with Crippen LogP contribution in [0.25, 0.3) is 11.3 Å². The molecule has 2 aromatic rings. The summed E-state index contributed by atoms with van der Waals surface area (Å²) in [4.78, 5) is 28.6. The predicted octanol–water partition coefficient (Wildman–Crippen LogP) is 4.90. The molecular weight excluding hydrogens is 382 g/mol. The lowest BCUT2D eigenvalue weighted by Gasteiger charge is -2.26. The van der Waals surface area contributed by atoms with E-state index in [-0.39, 0.29) is 5.97 Å². The molecule has 0 aliphatic heterocycles.